The first-order valence-corrected chi connectivity index (χ1v) is 10.4. The number of aromatic nitrogens is 2. The third-order valence-electron chi connectivity index (χ3n) is 5.57. The molecule has 3 heterocycles. The number of ether oxygens (including phenoxy) is 1. The van der Waals surface area contributed by atoms with Crippen molar-refractivity contribution in [1.29, 1.82) is 0 Å². The van der Waals surface area contributed by atoms with Gasteiger partial charge in [0, 0.05) is 29.3 Å². The fourth-order valence-corrected chi connectivity index (χ4v) is 4.00. The maximum Gasteiger partial charge on any atom is 0.417 e. The molecule has 0 saturated heterocycles. The number of halogens is 3. The second-order valence-electron chi connectivity index (χ2n) is 8.15. The van der Waals surface area contributed by atoms with Gasteiger partial charge in [0.15, 0.2) is 0 Å². The second-order valence-corrected chi connectivity index (χ2v) is 8.15. The molecule has 33 heavy (non-hydrogen) atoms. The van der Waals surface area contributed by atoms with Gasteiger partial charge in [0.25, 0.3) is 5.91 Å². The Bertz CT molecular complexity index is 1200. The van der Waals surface area contributed by atoms with E-state index in [0.717, 1.165) is 28.8 Å². The van der Waals surface area contributed by atoms with Crippen LogP contribution < -0.4 is 5.73 Å². The van der Waals surface area contributed by atoms with Gasteiger partial charge in [-0.2, -0.15) is 13.2 Å². The number of pyridine rings is 2. The molecule has 7 nitrogen and oxygen atoms in total. The number of carbonyl (C=O) groups excluding carboxylic acids is 1. The molecule has 1 aliphatic rings. The zero-order chi connectivity index (χ0) is 23.9. The highest BCUT2D eigenvalue weighted by atomic mass is 19.4. The molecule has 10 heteroatoms. The van der Waals surface area contributed by atoms with Crippen LogP contribution in [0.3, 0.4) is 0 Å². The van der Waals surface area contributed by atoms with Crippen molar-refractivity contribution in [2.24, 2.45) is 0 Å². The molecule has 0 aliphatic carbocycles. The lowest BCUT2D eigenvalue weighted by Crippen LogP contribution is -2.36. The van der Waals surface area contributed by atoms with Gasteiger partial charge in [0.1, 0.15) is 5.82 Å². The Hall–Kier alpha value is -3.24. The number of nitrogens with two attached hydrogens (primary N) is 1. The molecule has 0 bridgehead atoms. The van der Waals surface area contributed by atoms with Crippen molar-refractivity contribution < 1.29 is 27.8 Å². The molecule has 0 radical (unpaired) electrons. The van der Waals surface area contributed by atoms with Crippen molar-refractivity contribution in [3.63, 3.8) is 0 Å². The Morgan fingerprint density at radius 3 is 2.73 bits per heavy atom. The SMILES string of the molecule is C[C@@H]1OCc2c1c(N)nc1ccc(C(=O)N(Cc3ccc(C(F)(F)F)cn3)C[C@@H](C)O)cc21. The highest BCUT2D eigenvalue weighted by Gasteiger charge is 2.31. The highest BCUT2D eigenvalue weighted by molar-refractivity contribution is 5.99. The minimum absolute atomic E-state index is 0.0161. The van der Waals surface area contributed by atoms with Crippen LogP contribution >= 0.6 is 0 Å². The summed E-state index contributed by atoms with van der Waals surface area (Å²) in [6.45, 7) is 3.69. The van der Waals surface area contributed by atoms with Gasteiger partial charge in [-0.1, -0.05) is 0 Å². The monoisotopic (exact) mass is 460 g/mol. The number of nitrogens with zero attached hydrogens (tertiary/aromatic N) is 3. The number of benzene rings is 1. The van der Waals surface area contributed by atoms with Gasteiger partial charge >= 0.3 is 6.18 Å². The molecular formula is C23H23F3N4O3. The van der Waals surface area contributed by atoms with Crippen LogP contribution in [-0.2, 0) is 24.1 Å². The van der Waals surface area contributed by atoms with E-state index in [1.54, 1.807) is 18.2 Å². The molecule has 1 aromatic carbocycles. The maximum atomic E-state index is 13.3. The van der Waals surface area contributed by atoms with Crippen LogP contribution in [0.25, 0.3) is 10.9 Å². The van der Waals surface area contributed by atoms with Crippen molar-refractivity contribution in [3.05, 3.63) is 64.5 Å². The van der Waals surface area contributed by atoms with Gasteiger partial charge in [-0.3, -0.25) is 9.78 Å². The number of hydrogen-bond acceptors (Lipinski definition) is 6. The van der Waals surface area contributed by atoms with E-state index in [2.05, 4.69) is 9.97 Å². The minimum Gasteiger partial charge on any atom is -0.392 e. The van der Waals surface area contributed by atoms with E-state index >= 15 is 0 Å². The van der Waals surface area contributed by atoms with Crippen LogP contribution in [-0.4, -0.2) is 38.5 Å². The molecule has 174 valence electrons. The Morgan fingerprint density at radius 1 is 1.33 bits per heavy atom. The van der Waals surface area contributed by atoms with E-state index in [4.69, 9.17) is 10.5 Å². The first-order chi connectivity index (χ1) is 15.5. The summed E-state index contributed by atoms with van der Waals surface area (Å²) in [4.78, 5) is 22.9. The number of carbonyl (C=O) groups is 1. The van der Waals surface area contributed by atoms with Crippen molar-refractivity contribution in [2.45, 2.75) is 45.4 Å². The molecule has 3 aromatic rings. The number of fused-ring (bicyclic) bond motifs is 3. The molecule has 3 N–H and O–H groups in total. The second kappa shape index (κ2) is 8.60. The van der Waals surface area contributed by atoms with E-state index in [0.29, 0.717) is 23.5 Å². The van der Waals surface area contributed by atoms with E-state index in [-0.39, 0.29) is 24.9 Å². The van der Waals surface area contributed by atoms with Crippen LogP contribution in [0.1, 0.15) is 52.7 Å². The standard InChI is InChI=1S/C23H23F3N4O3/c1-12(31)9-30(10-16-5-4-15(8-28-16)23(24,25)26)22(32)14-3-6-19-17(7-14)18-11-33-13(2)20(18)21(27)29-19/h3-8,12-13,31H,9-11H2,1-2H3,(H2,27,29)/t12-,13+/m1/s1. The molecule has 0 unspecified atom stereocenters. The Morgan fingerprint density at radius 2 is 2.09 bits per heavy atom. The van der Waals surface area contributed by atoms with Crippen LogP contribution in [0.5, 0.6) is 0 Å². The largest absolute Gasteiger partial charge is 0.417 e. The van der Waals surface area contributed by atoms with Crippen LogP contribution in [0.4, 0.5) is 19.0 Å². The number of hydrogen-bond donors (Lipinski definition) is 2. The molecule has 0 saturated carbocycles. The van der Waals surface area contributed by atoms with E-state index in [1.807, 2.05) is 6.92 Å². The topological polar surface area (TPSA) is 102 Å². The molecule has 2 atom stereocenters. The third-order valence-corrected chi connectivity index (χ3v) is 5.57. The number of aliphatic hydroxyl groups excluding tert-OH is 1. The highest BCUT2D eigenvalue weighted by Crippen LogP contribution is 2.38. The zero-order valence-electron chi connectivity index (χ0n) is 18.1. The maximum absolute atomic E-state index is 13.3. The van der Waals surface area contributed by atoms with Gasteiger partial charge in [0.2, 0.25) is 0 Å². The number of anilines is 1. The molecule has 4 rings (SSSR count). The van der Waals surface area contributed by atoms with E-state index < -0.39 is 23.8 Å². The van der Waals surface area contributed by atoms with Gasteiger partial charge in [0.05, 0.1) is 42.1 Å². The van der Waals surface area contributed by atoms with Gasteiger partial charge in [-0.25, -0.2) is 4.98 Å². The number of nitrogen functional groups attached to an aromatic ring is 1. The van der Waals surface area contributed by atoms with E-state index in [9.17, 15) is 23.1 Å². The van der Waals surface area contributed by atoms with Crippen LogP contribution in [0.2, 0.25) is 0 Å². The van der Waals surface area contributed by atoms with Crippen molar-refractivity contribution in [2.75, 3.05) is 12.3 Å². The van der Waals surface area contributed by atoms with Crippen molar-refractivity contribution in [3.8, 4) is 0 Å². The normalized spacial score (nSPS) is 16.6. The summed E-state index contributed by atoms with van der Waals surface area (Å²) >= 11 is 0. The van der Waals surface area contributed by atoms with Gasteiger partial charge < -0.3 is 20.5 Å². The molecule has 0 fully saturated rings. The van der Waals surface area contributed by atoms with E-state index in [1.165, 1.54) is 17.9 Å². The van der Waals surface area contributed by atoms with Gasteiger partial charge in [-0.05, 0) is 49.7 Å². The Labute approximate surface area is 188 Å². The summed E-state index contributed by atoms with van der Waals surface area (Å²) in [5.74, 6) is 0.00252. The lowest BCUT2D eigenvalue weighted by molar-refractivity contribution is -0.137. The van der Waals surface area contributed by atoms with Crippen molar-refractivity contribution >= 4 is 22.6 Å². The molecule has 2 aromatic heterocycles. The lowest BCUT2D eigenvalue weighted by Gasteiger charge is -2.24. The van der Waals surface area contributed by atoms with Crippen molar-refractivity contribution in [1.82, 2.24) is 14.9 Å². The summed E-state index contributed by atoms with van der Waals surface area (Å²) in [7, 11) is 0. The summed E-state index contributed by atoms with van der Waals surface area (Å²) in [5, 5.41) is 10.7. The predicted molar refractivity (Wildman–Crippen MR) is 115 cm³/mol. The first-order valence-electron chi connectivity index (χ1n) is 10.4. The van der Waals surface area contributed by atoms with Gasteiger partial charge in [-0.15, -0.1) is 0 Å². The minimum atomic E-state index is -4.50. The van der Waals surface area contributed by atoms with Crippen LogP contribution in [0, 0.1) is 0 Å². The third kappa shape index (κ3) is 4.62. The summed E-state index contributed by atoms with van der Waals surface area (Å²) in [5.41, 5.74) is 8.16. The van der Waals surface area contributed by atoms with Crippen LogP contribution in [0.15, 0.2) is 36.5 Å². The molecule has 1 aliphatic heterocycles. The number of amides is 1. The Kier molecular flexibility index (Phi) is 5.98. The number of alkyl halides is 3. The molecule has 0 spiro atoms. The average Bonchev–Trinajstić information content (AvgIpc) is 3.14. The summed E-state index contributed by atoms with van der Waals surface area (Å²) < 4.78 is 44.1. The predicted octanol–water partition coefficient (Wildman–Crippen LogP) is 3.85. The number of aliphatic hydroxyl groups is 1. The smallest absolute Gasteiger partial charge is 0.392 e. The lowest BCUT2D eigenvalue weighted by atomic mass is 10.00. The fourth-order valence-electron chi connectivity index (χ4n) is 4.00. The zero-order valence-corrected chi connectivity index (χ0v) is 18.1. The summed E-state index contributed by atoms with van der Waals surface area (Å²) in [6, 6.07) is 7.16. The Balaban J connectivity index is 1.66. The number of rotatable bonds is 5. The quantitative estimate of drug-likeness (QED) is 0.600. The average molecular weight is 460 g/mol. The first kappa shape index (κ1) is 22.9. The summed E-state index contributed by atoms with van der Waals surface area (Å²) in [6.07, 6.45) is -4.81. The fraction of sp³-hybridized carbons (Fsp3) is 0.348. The molecule has 1 amide bonds. The molecular weight excluding hydrogens is 437 g/mol.